The Labute approximate surface area is 120 Å². The third-order valence-electron chi connectivity index (χ3n) is 3.25. The summed E-state index contributed by atoms with van der Waals surface area (Å²) in [6, 6.07) is 4.63. The van der Waals surface area contributed by atoms with Crippen LogP contribution >= 0.6 is 15.9 Å². The van der Waals surface area contributed by atoms with Gasteiger partial charge in [0.2, 0.25) is 0 Å². The lowest BCUT2D eigenvalue weighted by atomic mass is 10.1. The Hall–Kier alpha value is -1.10. The van der Waals surface area contributed by atoms with Gasteiger partial charge in [-0.3, -0.25) is 0 Å². The molecule has 104 valence electrons. The van der Waals surface area contributed by atoms with Gasteiger partial charge in [-0.05, 0) is 36.5 Å². The third kappa shape index (κ3) is 4.20. The lowest BCUT2D eigenvalue weighted by molar-refractivity contribution is 0.200. The molecule has 1 aliphatic rings. The number of carbonyl (C=O) groups is 1. The summed E-state index contributed by atoms with van der Waals surface area (Å²) in [6.45, 7) is 0. The highest BCUT2D eigenvalue weighted by Gasteiger charge is 2.22. The van der Waals surface area contributed by atoms with Crippen molar-refractivity contribution in [2.45, 2.75) is 30.5 Å². The number of hydrogen-bond donors (Lipinski definition) is 1. The molecule has 5 heteroatoms. The summed E-state index contributed by atoms with van der Waals surface area (Å²) >= 11 is 3.61. The normalized spacial score (nSPS) is 15.9. The maximum Gasteiger partial charge on any atom is 0.412 e. The summed E-state index contributed by atoms with van der Waals surface area (Å²) in [6.07, 6.45) is 4.18. The van der Waals surface area contributed by atoms with Gasteiger partial charge in [-0.1, -0.05) is 34.8 Å². The van der Waals surface area contributed by atoms with Crippen molar-refractivity contribution in [2.75, 3.05) is 7.05 Å². The zero-order valence-corrected chi connectivity index (χ0v) is 12.4. The Bertz CT molecular complexity index is 463. The lowest BCUT2D eigenvalue weighted by Crippen LogP contribution is -2.22. The molecule has 19 heavy (non-hydrogen) atoms. The van der Waals surface area contributed by atoms with Crippen LogP contribution < -0.4 is 10.1 Å². The predicted octanol–water partition coefficient (Wildman–Crippen LogP) is 4.17. The van der Waals surface area contributed by atoms with Crippen LogP contribution in [0.1, 0.15) is 36.1 Å². The first-order chi connectivity index (χ1) is 9.10. The largest absolute Gasteiger partial charge is 0.412 e. The summed E-state index contributed by atoms with van der Waals surface area (Å²) in [5.74, 6) is 0.295. The fourth-order valence-electron chi connectivity index (χ4n) is 1.90. The van der Waals surface area contributed by atoms with Crippen LogP contribution in [0.2, 0.25) is 0 Å². The van der Waals surface area contributed by atoms with Crippen LogP contribution in [0.15, 0.2) is 18.2 Å². The quantitative estimate of drug-likeness (QED) is 0.823. The molecule has 1 aromatic rings. The molecule has 0 spiro atoms. The molecule has 1 aliphatic carbocycles. The summed E-state index contributed by atoms with van der Waals surface area (Å²) < 4.78 is 18.4. The van der Waals surface area contributed by atoms with Gasteiger partial charge < -0.3 is 10.1 Å². The van der Waals surface area contributed by atoms with Crippen molar-refractivity contribution < 1.29 is 13.9 Å². The summed E-state index contributed by atoms with van der Waals surface area (Å²) in [5.41, 5.74) is 0.931. The van der Waals surface area contributed by atoms with Crippen molar-refractivity contribution in [2.24, 2.45) is 5.92 Å². The van der Waals surface area contributed by atoms with Crippen LogP contribution in [0.5, 0.6) is 5.75 Å². The van der Waals surface area contributed by atoms with Gasteiger partial charge in [-0.25, -0.2) is 9.18 Å². The predicted molar refractivity (Wildman–Crippen MR) is 75.1 cm³/mol. The summed E-state index contributed by atoms with van der Waals surface area (Å²) in [7, 11) is 1.44. The smallest absolute Gasteiger partial charge is 0.407 e. The molecule has 1 atom stereocenters. The Morgan fingerprint density at radius 2 is 2.32 bits per heavy atom. The first-order valence-electron chi connectivity index (χ1n) is 6.43. The number of alkyl halides is 1. The summed E-state index contributed by atoms with van der Waals surface area (Å²) in [4.78, 5) is 11.3. The molecule has 1 unspecified atom stereocenters. The maximum atomic E-state index is 13.5. The molecule has 0 saturated heterocycles. The second kappa shape index (κ2) is 6.37. The highest BCUT2D eigenvalue weighted by atomic mass is 79.9. The van der Waals surface area contributed by atoms with Gasteiger partial charge in [-0.15, -0.1) is 0 Å². The highest BCUT2D eigenvalue weighted by molar-refractivity contribution is 9.09. The first kappa shape index (κ1) is 14.3. The highest BCUT2D eigenvalue weighted by Crippen LogP contribution is 2.39. The van der Waals surface area contributed by atoms with Gasteiger partial charge in [0, 0.05) is 11.9 Å². The number of hydrogen-bond acceptors (Lipinski definition) is 2. The zero-order chi connectivity index (χ0) is 13.8. The molecule has 1 fully saturated rings. The molecular weight excluding hydrogens is 313 g/mol. The van der Waals surface area contributed by atoms with E-state index in [4.69, 9.17) is 4.74 Å². The van der Waals surface area contributed by atoms with Gasteiger partial charge in [0.15, 0.2) is 11.6 Å². The Kier molecular flexibility index (Phi) is 4.80. The van der Waals surface area contributed by atoms with Crippen LogP contribution in [0.25, 0.3) is 0 Å². The lowest BCUT2D eigenvalue weighted by Gasteiger charge is -2.12. The molecular formula is C14H17BrFNO2. The van der Waals surface area contributed by atoms with E-state index in [1.807, 2.05) is 0 Å². The average molecular weight is 330 g/mol. The van der Waals surface area contributed by atoms with E-state index >= 15 is 0 Å². The van der Waals surface area contributed by atoms with E-state index in [9.17, 15) is 9.18 Å². The van der Waals surface area contributed by atoms with Crippen LogP contribution in [-0.2, 0) is 0 Å². The van der Waals surface area contributed by atoms with Crippen molar-refractivity contribution >= 4 is 22.0 Å². The van der Waals surface area contributed by atoms with E-state index < -0.39 is 11.9 Å². The van der Waals surface area contributed by atoms with Crippen molar-refractivity contribution in [3.05, 3.63) is 29.6 Å². The topological polar surface area (TPSA) is 38.3 Å². The summed E-state index contributed by atoms with van der Waals surface area (Å²) in [5, 5.41) is 2.30. The molecule has 1 N–H and O–H groups in total. The molecule has 0 radical (unpaired) electrons. The second-order valence-electron chi connectivity index (χ2n) is 4.82. The number of ether oxygens (including phenoxy) is 1. The minimum absolute atomic E-state index is 0.0345. The number of amides is 1. The number of carbonyl (C=O) groups excluding carboxylic acids is 1. The van der Waals surface area contributed by atoms with Crippen LogP contribution in [0, 0.1) is 11.7 Å². The van der Waals surface area contributed by atoms with Crippen molar-refractivity contribution in [1.82, 2.24) is 5.32 Å². The van der Waals surface area contributed by atoms with E-state index in [-0.39, 0.29) is 10.6 Å². The van der Waals surface area contributed by atoms with E-state index in [1.165, 1.54) is 32.4 Å². The van der Waals surface area contributed by atoms with E-state index in [0.29, 0.717) is 0 Å². The minimum atomic E-state index is -0.667. The zero-order valence-electron chi connectivity index (χ0n) is 10.8. The van der Waals surface area contributed by atoms with Crippen LogP contribution in [0.3, 0.4) is 0 Å². The number of nitrogens with one attached hydrogen (secondary N) is 1. The van der Waals surface area contributed by atoms with E-state index in [1.54, 1.807) is 12.1 Å². The fourth-order valence-corrected chi connectivity index (χ4v) is 2.45. The van der Waals surface area contributed by atoms with Gasteiger partial charge in [0.25, 0.3) is 0 Å². The molecule has 0 bridgehead atoms. The maximum absolute atomic E-state index is 13.5. The molecule has 0 aromatic heterocycles. The van der Waals surface area contributed by atoms with E-state index in [0.717, 1.165) is 17.9 Å². The van der Waals surface area contributed by atoms with Crippen LogP contribution in [-0.4, -0.2) is 13.1 Å². The molecule has 1 saturated carbocycles. The molecule has 1 aromatic carbocycles. The van der Waals surface area contributed by atoms with Gasteiger partial charge in [0.05, 0.1) is 0 Å². The van der Waals surface area contributed by atoms with Gasteiger partial charge in [0.1, 0.15) is 0 Å². The average Bonchev–Trinajstić information content (AvgIpc) is 3.22. The van der Waals surface area contributed by atoms with Gasteiger partial charge >= 0.3 is 6.09 Å². The number of benzene rings is 1. The SMILES string of the molecule is CNC(=O)Oc1cc(C(Br)CCC2CC2)ccc1F. The number of halogens is 2. The van der Waals surface area contributed by atoms with Crippen LogP contribution in [0.4, 0.5) is 9.18 Å². The first-order valence-corrected chi connectivity index (χ1v) is 7.34. The Balaban J connectivity index is 2.03. The molecule has 2 rings (SSSR count). The minimum Gasteiger partial charge on any atom is -0.407 e. The molecule has 3 nitrogen and oxygen atoms in total. The standard InChI is InChI=1S/C14H17BrFNO2/c1-17-14(18)19-13-8-10(5-7-12(13)16)11(15)6-4-9-2-3-9/h5,7-9,11H,2-4,6H2,1H3,(H,17,18). The molecule has 0 aliphatic heterocycles. The fraction of sp³-hybridized carbons (Fsp3) is 0.500. The number of rotatable bonds is 5. The second-order valence-corrected chi connectivity index (χ2v) is 5.92. The van der Waals surface area contributed by atoms with Crippen molar-refractivity contribution in [1.29, 1.82) is 0 Å². The third-order valence-corrected chi connectivity index (χ3v) is 4.24. The van der Waals surface area contributed by atoms with Crippen molar-refractivity contribution in [3.63, 3.8) is 0 Å². The molecule has 1 amide bonds. The Morgan fingerprint density at radius 1 is 1.58 bits per heavy atom. The Morgan fingerprint density at radius 3 is 2.95 bits per heavy atom. The molecule has 0 heterocycles. The van der Waals surface area contributed by atoms with Gasteiger partial charge in [-0.2, -0.15) is 0 Å². The monoisotopic (exact) mass is 329 g/mol. The van der Waals surface area contributed by atoms with E-state index in [2.05, 4.69) is 21.2 Å². The van der Waals surface area contributed by atoms with Crippen molar-refractivity contribution in [3.8, 4) is 5.75 Å².